The quantitative estimate of drug-likeness (QED) is 0.243. The summed E-state index contributed by atoms with van der Waals surface area (Å²) in [5.41, 5.74) is -2.15. The summed E-state index contributed by atoms with van der Waals surface area (Å²) < 4.78 is 117. The molecule has 31 heavy (non-hydrogen) atoms. The molecule has 4 nitrogen and oxygen atoms in total. The largest absolute Gasteiger partial charge is 0.478 e. The maximum Gasteiger partial charge on any atom is 0.460 e. The molecule has 0 aliphatic carbocycles. The molecule has 0 radical (unpaired) electrons. The summed E-state index contributed by atoms with van der Waals surface area (Å²) in [4.78, 5) is 22.8. The minimum Gasteiger partial charge on any atom is -0.478 e. The monoisotopic (exact) mass is 474 g/mol. The van der Waals surface area contributed by atoms with Gasteiger partial charge in [0.25, 0.3) is 0 Å². The fraction of sp³-hybridized carbons (Fsp3) is 0.778. The normalized spacial score (nSPS) is 15.5. The molecule has 1 atom stereocenters. The Hall–Kier alpha value is -1.95. The van der Waals surface area contributed by atoms with Crippen LogP contribution in [0.1, 0.15) is 58.8 Å². The Bertz CT molecular complexity index is 669. The van der Waals surface area contributed by atoms with Gasteiger partial charge < -0.3 is 10.2 Å². The third-order valence-electron chi connectivity index (χ3n) is 4.82. The minimum atomic E-state index is -7.10. The molecule has 0 saturated carbocycles. The Morgan fingerprint density at radius 3 is 1.65 bits per heavy atom. The van der Waals surface area contributed by atoms with E-state index in [4.69, 9.17) is 5.11 Å². The summed E-state index contributed by atoms with van der Waals surface area (Å²) >= 11 is 0. The van der Waals surface area contributed by atoms with Crippen LogP contribution >= 0.6 is 0 Å². The molecule has 0 rings (SSSR count). The molecule has 0 aliphatic heterocycles. The molecular weight excluding hydrogens is 451 g/mol. The number of hydrogen-bond donors (Lipinski definition) is 2. The molecule has 2 N–H and O–H groups in total. The van der Waals surface area contributed by atoms with Crippen LogP contribution in [0, 0.1) is 5.92 Å². The van der Waals surface area contributed by atoms with Crippen LogP contribution in [0.25, 0.3) is 0 Å². The first-order valence-electron chi connectivity index (χ1n) is 9.26. The van der Waals surface area contributed by atoms with Gasteiger partial charge in [-0.1, -0.05) is 39.5 Å². The Morgan fingerprint density at radius 1 is 0.806 bits per heavy atom. The molecule has 1 unspecified atom stereocenters. The van der Waals surface area contributed by atoms with Gasteiger partial charge in [0.05, 0.1) is 0 Å². The van der Waals surface area contributed by atoms with Crippen LogP contribution in [0.2, 0.25) is 0 Å². The van der Waals surface area contributed by atoms with Crippen LogP contribution in [-0.4, -0.2) is 46.1 Å². The van der Waals surface area contributed by atoms with Gasteiger partial charge in [0.2, 0.25) is 0 Å². The predicted molar refractivity (Wildman–Crippen MR) is 90.4 cm³/mol. The lowest BCUT2D eigenvalue weighted by molar-refractivity contribution is -0.396. The molecule has 0 aromatic rings. The Labute approximate surface area is 172 Å². The molecule has 0 aromatic heterocycles. The lowest BCUT2D eigenvalue weighted by atomic mass is 9.87. The first-order valence-corrected chi connectivity index (χ1v) is 9.26. The molecule has 0 aromatic carbocycles. The Morgan fingerprint density at radius 2 is 1.29 bits per heavy atom. The third-order valence-corrected chi connectivity index (χ3v) is 4.82. The van der Waals surface area contributed by atoms with Gasteiger partial charge >= 0.3 is 35.9 Å². The fourth-order valence-electron chi connectivity index (χ4n) is 2.81. The number of unbranched alkanes of at least 4 members (excludes halogenated alkanes) is 1. The van der Waals surface area contributed by atoms with Crippen LogP contribution in [0.15, 0.2) is 11.1 Å². The first kappa shape index (κ1) is 29.1. The predicted octanol–water partition coefficient (Wildman–Crippen LogP) is 6.31. The number of halogens is 9. The summed E-state index contributed by atoms with van der Waals surface area (Å²) in [5, 5.41) is 18.4. The lowest BCUT2D eigenvalue weighted by Crippen LogP contribution is -2.60. The van der Waals surface area contributed by atoms with Gasteiger partial charge in [-0.15, -0.1) is 0 Å². The highest BCUT2D eigenvalue weighted by atomic mass is 19.4. The van der Waals surface area contributed by atoms with E-state index < -0.39 is 72.2 Å². The summed E-state index contributed by atoms with van der Waals surface area (Å²) in [6.07, 6.45) is -9.35. The average Bonchev–Trinajstić information content (AvgIpc) is 2.61. The van der Waals surface area contributed by atoms with Crippen LogP contribution in [0.4, 0.5) is 39.5 Å². The van der Waals surface area contributed by atoms with Gasteiger partial charge in [-0.25, -0.2) is 9.59 Å². The minimum absolute atomic E-state index is 0.371. The van der Waals surface area contributed by atoms with Crippen molar-refractivity contribution in [2.45, 2.75) is 82.7 Å². The zero-order valence-corrected chi connectivity index (χ0v) is 16.6. The van der Waals surface area contributed by atoms with E-state index in [1.54, 1.807) is 6.92 Å². The number of alkyl halides is 9. The van der Waals surface area contributed by atoms with Crippen molar-refractivity contribution in [1.29, 1.82) is 0 Å². The van der Waals surface area contributed by atoms with E-state index in [0.717, 1.165) is 0 Å². The molecule has 0 amide bonds. The van der Waals surface area contributed by atoms with Crippen molar-refractivity contribution in [2.75, 3.05) is 0 Å². The van der Waals surface area contributed by atoms with Gasteiger partial charge in [0.15, 0.2) is 0 Å². The molecule has 182 valence electrons. The Balaban J connectivity index is 5.98. The molecule has 0 spiro atoms. The number of carboxylic acid groups (broad SMARTS) is 2. The smallest absolute Gasteiger partial charge is 0.460 e. The summed E-state index contributed by atoms with van der Waals surface area (Å²) in [6.45, 7) is 3.47. The number of rotatable bonds is 13. The molecular formula is C18H23F9O4. The molecule has 13 heteroatoms. The molecule has 0 saturated heterocycles. The van der Waals surface area contributed by atoms with E-state index in [2.05, 4.69) is 0 Å². The van der Waals surface area contributed by atoms with Crippen molar-refractivity contribution >= 4 is 11.9 Å². The molecule has 0 heterocycles. The van der Waals surface area contributed by atoms with Crippen molar-refractivity contribution in [3.05, 3.63) is 11.1 Å². The first-order chi connectivity index (χ1) is 13.9. The second-order valence-electron chi connectivity index (χ2n) is 7.04. The van der Waals surface area contributed by atoms with E-state index in [9.17, 15) is 54.2 Å². The highest BCUT2D eigenvalue weighted by Crippen LogP contribution is 2.54. The van der Waals surface area contributed by atoms with Crippen molar-refractivity contribution in [2.24, 2.45) is 5.92 Å². The van der Waals surface area contributed by atoms with Crippen LogP contribution in [-0.2, 0) is 9.59 Å². The van der Waals surface area contributed by atoms with Gasteiger partial charge in [0.1, 0.15) is 0 Å². The topological polar surface area (TPSA) is 74.6 Å². The van der Waals surface area contributed by atoms with E-state index in [-0.39, 0.29) is 0 Å². The number of hydrogen-bond acceptors (Lipinski definition) is 2. The summed E-state index contributed by atoms with van der Waals surface area (Å²) in [6, 6.07) is 0. The highest BCUT2D eigenvalue weighted by Gasteiger charge is 2.81. The second kappa shape index (κ2) is 10.6. The third kappa shape index (κ3) is 6.76. The van der Waals surface area contributed by atoms with E-state index in [1.165, 1.54) is 0 Å². The number of carboxylic acids is 2. The standard InChI is InChI=1S/C18H23F9O4/c1-3-5-6-10(4-2)9-12(14(30)31)11(13(28)29)7-8-15(19,20)16(21,22)17(23,24)18(25,26)27/h10H,3-9H2,1-2H3,(H,28,29)(H,30,31)/b12-11-. The van der Waals surface area contributed by atoms with Crippen molar-refractivity contribution < 1.29 is 59.3 Å². The molecule has 0 aliphatic rings. The van der Waals surface area contributed by atoms with Gasteiger partial charge in [-0.05, 0) is 18.8 Å². The maximum atomic E-state index is 13.7. The Kier molecular flexibility index (Phi) is 9.91. The number of carbonyl (C=O) groups is 2. The number of aliphatic carboxylic acids is 2. The van der Waals surface area contributed by atoms with Gasteiger partial charge in [-0.3, -0.25) is 0 Å². The van der Waals surface area contributed by atoms with Crippen LogP contribution < -0.4 is 0 Å². The zero-order valence-electron chi connectivity index (χ0n) is 16.6. The van der Waals surface area contributed by atoms with Crippen molar-refractivity contribution in [1.82, 2.24) is 0 Å². The highest BCUT2D eigenvalue weighted by molar-refractivity contribution is 5.98. The van der Waals surface area contributed by atoms with Crippen LogP contribution in [0.3, 0.4) is 0 Å². The SMILES string of the molecule is CCCCC(CC)C/C(C(=O)O)=C(\CCC(F)(F)C(F)(F)C(F)(F)C(F)(F)F)C(=O)O. The maximum absolute atomic E-state index is 13.7. The summed E-state index contributed by atoms with van der Waals surface area (Å²) in [7, 11) is 0. The van der Waals surface area contributed by atoms with E-state index in [1.807, 2.05) is 6.92 Å². The van der Waals surface area contributed by atoms with E-state index >= 15 is 0 Å². The van der Waals surface area contributed by atoms with Crippen molar-refractivity contribution in [3.63, 3.8) is 0 Å². The average molecular weight is 474 g/mol. The van der Waals surface area contributed by atoms with Gasteiger partial charge in [0, 0.05) is 17.6 Å². The summed E-state index contributed by atoms with van der Waals surface area (Å²) in [5.74, 6) is -24.3. The van der Waals surface area contributed by atoms with Crippen molar-refractivity contribution in [3.8, 4) is 0 Å². The van der Waals surface area contributed by atoms with Crippen LogP contribution in [0.5, 0.6) is 0 Å². The van der Waals surface area contributed by atoms with Gasteiger partial charge in [-0.2, -0.15) is 39.5 Å². The second-order valence-corrected chi connectivity index (χ2v) is 7.04. The molecule has 0 bridgehead atoms. The molecule has 0 fully saturated rings. The van der Waals surface area contributed by atoms with E-state index in [0.29, 0.717) is 25.7 Å². The fourth-order valence-corrected chi connectivity index (χ4v) is 2.81. The zero-order chi connectivity index (χ0) is 24.8. The lowest BCUT2D eigenvalue weighted by Gasteiger charge is -2.33.